The van der Waals surface area contributed by atoms with Gasteiger partial charge < -0.3 is 15.6 Å². The van der Waals surface area contributed by atoms with Gasteiger partial charge >= 0.3 is 0 Å². The van der Waals surface area contributed by atoms with Gasteiger partial charge in [-0.3, -0.25) is 0 Å². The number of hydrogen-bond donors (Lipinski definition) is 2. The third kappa shape index (κ3) is 2.19. The summed E-state index contributed by atoms with van der Waals surface area (Å²) in [6.07, 6.45) is 0. The van der Waals surface area contributed by atoms with Crippen LogP contribution in [0.5, 0.6) is 11.5 Å². The van der Waals surface area contributed by atoms with E-state index in [0.717, 1.165) is 5.56 Å². The average Bonchev–Trinajstić information content (AvgIpc) is 2.09. The molecule has 0 radical (unpaired) electrons. The van der Waals surface area contributed by atoms with E-state index in [2.05, 4.69) is 0 Å². The Morgan fingerprint density at radius 1 is 1.47 bits per heavy atom. The van der Waals surface area contributed by atoms with Crippen molar-refractivity contribution in [2.24, 2.45) is 5.73 Å². The van der Waals surface area contributed by atoms with Crippen molar-refractivity contribution in [3.05, 3.63) is 22.2 Å². The molecule has 1 rings (SSSR count). The van der Waals surface area contributed by atoms with Crippen molar-refractivity contribution in [2.75, 3.05) is 7.11 Å². The molecule has 0 saturated heterocycles. The minimum absolute atomic E-state index is 0.0619. The van der Waals surface area contributed by atoms with E-state index in [-0.39, 0.29) is 5.75 Å². The van der Waals surface area contributed by atoms with E-state index in [1.54, 1.807) is 6.07 Å². The highest BCUT2D eigenvalue weighted by atomic mass is 35.5. The Balaban J connectivity index is 3.55. The number of hydrogen-bond acceptors (Lipinski definition) is 3. The summed E-state index contributed by atoms with van der Waals surface area (Å²) in [5.74, 6) is 0.408. The number of rotatable bonds is 2. The summed E-state index contributed by atoms with van der Waals surface area (Å²) in [6, 6.07) is 1.58. The third-order valence-corrected chi connectivity index (χ3v) is 2.72. The number of phenolic OH excluding ortho intramolecular Hbond substituents is 1. The van der Waals surface area contributed by atoms with Crippen molar-refractivity contribution in [1.82, 2.24) is 0 Å². The highest BCUT2D eigenvalue weighted by molar-refractivity contribution is 6.31. The zero-order chi connectivity index (χ0) is 11.8. The van der Waals surface area contributed by atoms with E-state index in [0.29, 0.717) is 16.3 Å². The monoisotopic (exact) mass is 229 g/mol. The Kier molecular flexibility index (Phi) is 3.16. The Hall–Kier alpha value is -0.930. The molecule has 0 fully saturated rings. The molecule has 1 aromatic carbocycles. The van der Waals surface area contributed by atoms with E-state index in [1.165, 1.54) is 7.11 Å². The third-order valence-electron chi connectivity index (χ3n) is 2.33. The molecule has 0 heterocycles. The van der Waals surface area contributed by atoms with E-state index >= 15 is 0 Å². The van der Waals surface area contributed by atoms with Gasteiger partial charge in [0.15, 0.2) is 11.5 Å². The van der Waals surface area contributed by atoms with Gasteiger partial charge in [0.25, 0.3) is 0 Å². The SMILES string of the molecule is COc1cc(Cl)c(C)c(C(C)(C)N)c1O. The van der Waals surface area contributed by atoms with Crippen LogP contribution in [0.15, 0.2) is 6.07 Å². The molecular weight excluding hydrogens is 214 g/mol. The summed E-state index contributed by atoms with van der Waals surface area (Å²) in [7, 11) is 1.48. The van der Waals surface area contributed by atoms with E-state index in [1.807, 2.05) is 20.8 Å². The van der Waals surface area contributed by atoms with Crippen LogP contribution in [0.3, 0.4) is 0 Å². The molecule has 0 aliphatic heterocycles. The van der Waals surface area contributed by atoms with E-state index < -0.39 is 5.54 Å². The maximum atomic E-state index is 9.97. The maximum absolute atomic E-state index is 9.97. The Morgan fingerprint density at radius 2 is 2.00 bits per heavy atom. The number of ether oxygens (including phenoxy) is 1. The Bertz CT molecular complexity index is 383. The van der Waals surface area contributed by atoms with E-state index in [4.69, 9.17) is 22.1 Å². The van der Waals surface area contributed by atoms with Crippen LogP contribution in [0.2, 0.25) is 5.02 Å². The zero-order valence-electron chi connectivity index (χ0n) is 9.39. The fraction of sp³-hybridized carbons (Fsp3) is 0.455. The number of halogens is 1. The molecule has 0 saturated carbocycles. The Labute approximate surface area is 94.8 Å². The van der Waals surface area contributed by atoms with Gasteiger partial charge in [0.05, 0.1) is 7.11 Å². The molecule has 3 N–H and O–H groups in total. The molecule has 84 valence electrons. The molecule has 0 aliphatic carbocycles. The molecule has 0 atom stereocenters. The number of benzene rings is 1. The molecule has 0 unspecified atom stereocenters. The van der Waals surface area contributed by atoms with Gasteiger partial charge in [0, 0.05) is 22.2 Å². The quantitative estimate of drug-likeness (QED) is 0.820. The molecule has 0 amide bonds. The molecule has 3 nitrogen and oxygen atoms in total. The minimum Gasteiger partial charge on any atom is -0.504 e. The number of phenols is 1. The molecule has 0 bridgehead atoms. The van der Waals surface area contributed by atoms with Gasteiger partial charge in [0.2, 0.25) is 0 Å². The van der Waals surface area contributed by atoms with Crippen molar-refractivity contribution in [1.29, 1.82) is 0 Å². The van der Waals surface area contributed by atoms with Crippen LogP contribution in [0.1, 0.15) is 25.0 Å². The first kappa shape index (κ1) is 12.1. The Morgan fingerprint density at radius 3 is 2.40 bits per heavy atom. The summed E-state index contributed by atoms with van der Waals surface area (Å²) < 4.78 is 5.03. The second-order valence-electron chi connectivity index (χ2n) is 4.13. The van der Waals surface area contributed by atoms with Gasteiger partial charge in [-0.25, -0.2) is 0 Å². The largest absolute Gasteiger partial charge is 0.504 e. The van der Waals surface area contributed by atoms with Crippen LogP contribution in [-0.4, -0.2) is 12.2 Å². The lowest BCUT2D eigenvalue weighted by Crippen LogP contribution is -2.30. The first-order valence-corrected chi connectivity index (χ1v) is 5.02. The molecule has 4 heteroatoms. The summed E-state index contributed by atoms with van der Waals surface area (Å²) in [6.45, 7) is 5.45. The first-order valence-electron chi connectivity index (χ1n) is 4.64. The minimum atomic E-state index is -0.660. The standard InChI is InChI=1S/C11H16ClNO2/c1-6-7(12)5-8(15-4)10(14)9(6)11(2,3)13/h5,14H,13H2,1-4H3. The highest BCUT2D eigenvalue weighted by Crippen LogP contribution is 2.41. The van der Waals surface area contributed by atoms with Crippen molar-refractivity contribution in [2.45, 2.75) is 26.3 Å². The van der Waals surface area contributed by atoms with Gasteiger partial charge in [0.1, 0.15) is 0 Å². The normalized spacial score (nSPS) is 11.6. The topological polar surface area (TPSA) is 55.5 Å². The molecular formula is C11H16ClNO2. The van der Waals surface area contributed by atoms with Crippen molar-refractivity contribution < 1.29 is 9.84 Å². The van der Waals surface area contributed by atoms with Crippen LogP contribution >= 0.6 is 11.6 Å². The van der Waals surface area contributed by atoms with Crippen molar-refractivity contribution in [3.63, 3.8) is 0 Å². The predicted molar refractivity (Wildman–Crippen MR) is 61.6 cm³/mol. The second kappa shape index (κ2) is 3.91. The second-order valence-corrected chi connectivity index (χ2v) is 4.54. The fourth-order valence-electron chi connectivity index (χ4n) is 1.66. The zero-order valence-corrected chi connectivity index (χ0v) is 10.1. The summed E-state index contributed by atoms with van der Waals surface area (Å²) in [5.41, 5.74) is 6.71. The lowest BCUT2D eigenvalue weighted by molar-refractivity contribution is 0.362. The summed E-state index contributed by atoms with van der Waals surface area (Å²) in [5, 5.41) is 10.5. The number of aromatic hydroxyl groups is 1. The van der Waals surface area contributed by atoms with Crippen LogP contribution in [0.4, 0.5) is 0 Å². The van der Waals surface area contributed by atoms with Crippen molar-refractivity contribution in [3.8, 4) is 11.5 Å². The van der Waals surface area contributed by atoms with Gasteiger partial charge in [-0.15, -0.1) is 0 Å². The number of nitrogens with two attached hydrogens (primary N) is 1. The number of methoxy groups -OCH3 is 1. The van der Waals surface area contributed by atoms with Gasteiger partial charge in [-0.05, 0) is 26.3 Å². The van der Waals surface area contributed by atoms with Crippen molar-refractivity contribution >= 4 is 11.6 Å². The smallest absolute Gasteiger partial charge is 0.163 e. The molecule has 15 heavy (non-hydrogen) atoms. The summed E-state index contributed by atoms with van der Waals surface area (Å²) in [4.78, 5) is 0. The van der Waals surface area contributed by atoms with E-state index in [9.17, 15) is 5.11 Å². The summed E-state index contributed by atoms with van der Waals surface area (Å²) >= 11 is 6.03. The lowest BCUT2D eigenvalue weighted by Gasteiger charge is -2.24. The molecule has 1 aromatic rings. The predicted octanol–water partition coefficient (Wildman–Crippen LogP) is 2.56. The van der Waals surface area contributed by atoms with Gasteiger partial charge in [-0.2, -0.15) is 0 Å². The fourth-order valence-corrected chi connectivity index (χ4v) is 1.85. The highest BCUT2D eigenvalue weighted by Gasteiger charge is 2.25. The van der Waals surface area contributed by atoms with Crippen LogP contribution < -0.4 is 10.5 Å². The first-order chi connectivity index (χ1) is 6.79. The maximum Gasteiger partial charge on any atom is 0.163 e. The molecule has 0 aliphatic rings. The van der Waals surface area contributed by atoms with Gasteiger partial charge in [-0.1, -0.05) is 11.6 Å². The lowest BCUT2D eigenvalue weighted by atomic mass is 9.90. The van der Waals surface area contributed by atoms with Crippen LogP contribution in [-0.2, 0) is 5.54 Å². The van der Waals surface area contributed by atoms with Crippen LogP contribution in [0, 0.1) is 6.92 Å². The molecule has 0 aromatic heterocycles. The average molecular weight is 230 g/mol. The molecule has 0 spiro atoms. The van der Waals surface area contributed by atoms with Crippen LogP contribution in [0.25, 0.3) is 0 Å².